The van der Waals surface area contributed by atoms with E-state index in [1.807, 2.05) is 0 Å². The molecular formula is C17H27N. The van der Waals surface area contributed by atoms with Crippen LogP contribution in [0.2, 0.25) is 0 Å². The minimum Gasteiger partial charge on any atom is -0.319 e. The van der Waals surface area contributed by atoms with Crippen molar-refractivity contribution in [3.05, 3.63) is 34.9 Å². The highest BCUT2D eigenvalue weighted by Gasteiger charge is 2.24. The molecule has 2 unspecified atom stereocenters. The maximum atomic E-state index is 3.38. The molecule has 1 aromatic carbocycles. The molecule has 1 saturated carbocycles. The third kappa shape index (κ3) is 3.35. The van der Waals surface area contributed by atoms with Crippen molar-refractivity contribution in [2.75, 3.05) is 13.6 Å². The highest BCUT2D eigenvalue weighted by atomic mass is 14.8. The molecule has 2 atom stereocenters. The SMILES string of the molecule is CNCC1CCCCC1Cc1ccc(C)cc1C. The van der Waals surface area contributed by atoms with Gasteiger partial charge in [0.2, 0.25) is 0 Å². The lowest BCUT2D eigenvalue weighted by Crippen LogP contribution is -2.30. The molecule has 2 rings (SSSR count). The van der Waals surface area contributed by atoms with Crippen molar-refractivity contribution < 1.29 is 0 Å². The molecule has 0 amide bonds. The molecule has 100 valence electrons. The molecule has 0 heterocycles. The van der Waals surface area contributed by atoms with Gasteiger partial charge in [-0.1, -0.05) is 36.6 Å². The second-order valence-electron chi connectivity index (χ2n) is 6.00. The smallest absolute Gasteiger partial charge is 0.00208 e. The van der Waals surface area contributed by atoms with Crippen molar-refractivity contribution in [3.8, 4) is 0 Å². The zero-order valence-electron chi connectivity index (χ0n) is 12.1. The van der Waals surface area contributed by atoms with Crippen LogP contribution < -0.4 is 5.32 Å². The van der Waals surface area contributed by atoms with Crippen molar-refractivity contribution in [3.63, 3.8) is 0 Å². The monoisotopic (exact) mass is 245 g/mol. The van der Waals surface area contributed by atoms with Gasteiger partial charge in [0.05, 0.1) is 0 Å². The van der Waals surface area contributed by atoms with Crippen LogP contribution in [0.15, 0.2) is 18.2 Å². The van der Waals surface area contributed by atoms with Crippen molar-refractivity contribution in [2.24, 2.45) is 11.8 Å². The molecule has 18 heavy (non-hydrogen) atoms. The Balaban J connectivity index is 2.06. The molecule has 1 fully saturated rings. The number of aryl methyl sites for hydroxylation is 2. The molecule has 1 aliphatic rings. The maximum absolute atomic E-state index is 3.38. The van der Waals surface area contributed by atoms with Crippen LogP contribution in [0.4, 0.5) is 0 Å². The zero-order valence-corrected chi connectivity index (χ0v) is 12.1. The zero-order chi connectivity index (χ0) is 13.0. The Morgan fingerprint density at radius 1 is 1.11 bits per heavy atom. The van der Waals surface area contributed by atoms with Gasteiger partial charge in [-0.3, -0.25) is 0 Å². The Morgan fingerprint density at radius 2 is 1.83 bits per heavy atom. The van der Waals surface area contributed by atoms with E-state index >= 15 is 0 Å². The summed E-state index contributed by atoms with van der Waals surface area (Å²) in [6.45, 7) is 5.63. The van der Waals surface area contributed by atoms with Crippen LogP contribution in [0.3, 0.4) is 0 Å². The van der Waals surface area contributed by atoms with Crippen LogP contribution in [0, 0.1) is 25.7 Å². The van der Waals surface area contributed by atoms with Crippen molar-refractivity contribution in [1.29, 1.82) is 0 Å². The molecule has 1 aromatic rings. The average Bonchev–Trinajstić information content (AvgIpc) is 2.35. The molecule has 1 nitrogen and oxygen atoms in total. The number of benzene rings is 1. The lowest BCUT2D eigenvalue weighted by atomic mass is 9.75. The van der Waals surface area contributed by atoms with Gasteiger partial charge in [0.15, 0.2) is 0 Å². The van der Waals surface area contributed by atoms with Crippen molar-refractivity contribution in [2.45, 2.75) is 46.0 Å². The molecule has 1 heteroatoms. The fourth-order valence-corrected chi connectivity index (χ4v) is 3.44. The third-order valence-corrected chi connectivity index (χ3v) is 4.51. The highest BCUT2D eigenvalue weighted by Crippen LogP contribution is 2.32. The summed E-state index contributed by atoms with van der Waals surface area (Å²) in [5, 5.41) is 3.38. The van der Waals surface area contributed by atoms with E-state index in [9.17, 15) is 0 Å². The standard InChI is InChI=1S/C17H27N/c1-13-8-9-15(14(2)10-13)11-16-6-4-5-7-17(16)12-18-3/h8-10,16-18H,4-7,11-12H2,1-3H3. The van der Waals surface area contributed by atoms with Gasteiger partial charge in [-0.2, -0.15) is 0 Å². The Morgan fingerprint density at radius 3 is 2.50 bits per heavy atom. The molecule has 1 aliphatic carbocycles. The van der Waals surface area contributed by atoms with Gasteiger partial charge >= 0.3 is 0 Å². The average molecular weight is 245 g/mol. The minimum atomic E-state index is 0.879. The van der Waals surface area contributed by atoms with Crippen LogP contribution in [0.25, 0.3) is 0 Å². The summed E-state index contributed by atoms with van der Waals surface area (Å²) in [6.07, 6.45) is 6.96. The first kappa shape index (κ1) is 13.6. The van der Waals surface area contributed by atoms with Crippen LogP contribution >= 0.6 is 0 Å². The van der Waals surface area contributed by atoms with Crippen molar-refractivity contribution >= 4 is 0 Å². The largest absolute Gasteiger partial charge is 0.319 e. The molecular weight excluding hydrogens is 218 g/mol. The van der Waals surface area contributed by atoms with Gasteiger partial charge in [-0.15, -0.1) is 0 Å². The summed E-state index contributed by atoms with van der Waals surface area (Å²) >= 11 is 0. The van der Waals surface area contributed by atoms with Gasteiger partial charge in [-0.25, -0.2) is 0 Å². The summed E-state index contributed by atoms with van der Waals surface area (Å²) < 4.78 is 0. The van der Waals surface area contributed by atoms with Crippen LogP contribution in [0.5, 0.6) is 0 Å². The predicted octanol–water partition coefficient (Wildman–Crippen LogP) is 3.87. The summed E-state index contributed by atoms with van der Waals surface area (Å²) in [6, 6.07) is 6.93. The van der Waals surface area contributed by atoms with E-state index in [2.05, 4.69) is 44.4 Å². The van der Waals surface area contributed by atoms with Gasteiger partial charge in [-0.05, 0) is 69.7 Å². The van der Waals surface area contributed by atoms with E-state index in [0.29, 0.717) is 0 Å². The molecule has 0 bridgehead atoms. The van der Waals surface area contributed by atoms with E-state index in [0.717, 1.165) is 11.8 Å². The lowest BCUT2D eigenvalue weighted by Gasteiger charge is -2.32. The van der Waals surface area contributed by atoms with E-state index in [4.69, 9.17) is 0 Å². The number of hydrogen-bond donors (Lipinski definition) is 1. The molecule has 0 aromatic heterocycles. The normalized spacial score (nSPS) is 24.2. The molecule has 0 saturated heterocycles. The van der Waals surface area contributed by atoms with Crippen LogP contribution in [-0.2, 0) is 6.42 Å². The fourth-order valence-electron chi connectivity index (χ4n) is 3.44. The first-order chi connectivity index (χ1) is 8.70. The predicted molar refractivity (Wildman–Crippen MR) is 79.0 cm³/mol. The minimum absolute atomic E-state index is 0.879. The number of nitrogens with one attached hydrogen (secondary N) is 1. The van der Waals surface area contributed by atoms with E-state index in [-0.39, 0.29) is 0 Å². The molecule has 0 aliphatic heterocycles. The quantitative estimate of drug-likeness (QED) is 0.849. The Labute approximate surface area is 112 Å². The Kier molecular flexibility index (Phi) is 4.82. The van der Waals surface area contributed by atoms with Crippen LogP contribution in [0.1, 0.15) is 42.4 Å². The second-order valence-corrected chi connectivity index (χ2v) is 6.00. The van der Waals surface area contributed by atoms with E-state index in [1.54, 1.807) is 5.56 Å². The summed E-state index contributed by atoms with van der Waals surface area (Å²) in [4.78, 5) is 0. The number of rotatable bonds is 4. The van der Waals surface area contributed by atoms with E-state index in [1.165, 1.54) is 49.8 Å². The Hall–Kier alpha value is -0.820. The summed E-state index contributed by atoms with van der Waals surface area (Å²) in [5.74, 6) is 1.76. The highest BCUT2D eigenvalue weighted by molar-refractivity contribution is 5.30. The first-order valence-corrected chi connectivity index (χ1v) is 7.41. The topological polar surface area (TPSA) is 12.0 Å². The summed E-state index contributed by atoms with van der Waals surface area (Å²) in [7, 11) is 2.09. The lowest BCUT2D eigenvalue weighted by molar-refractivity contribution is 0.232. The van der Waals surface area contributed by atoms with Gasteiger partial charge in [0.1, 0.15) is 0 Å². The van der Waals surface area contributed by atoms with Crippen LogP contribution in [-0.4, -0.2) is 13.6 Å². The third-order valence-electron chi connectivity index (χ3n) is 4.51. The van der Waals surface area contributed by atoms with E-state index < -0.39 is 0 Å². The maximum Gasteiger partial charge on any atom is -0.00208 e. The molecule has 1 N–H and O–H groups in total. The molecule has 0 spiro atoms. The van der Waals surface area contributed by atoms with Gasteiger partial charge in [0, 0.05) is 0 Å². The number of hydrogen-bond acceptors (Lipinski definition) is 1. The van der Waals surface area contributed by atoms with Gasteiger partial charge in [0.25, 0.3) is 0 Å². The Bertz CT molecular complexity index is 381. The van der Waals surface area contributed by atoms with Crippen molar-refractivity contribution in [1.82, 2.24) is 5.32 Å². The second kappa shape index (κ2) is 6.38. The fraction of sp³-hybridized carbons (Fsp3) is 0.647. The first-order valence-electron chi connectivity index (χ1n) is 7.41. The molecule has 0 radical (unpaired) electrons. The van der Waals surface area contributed by atoms with Gasteiger partial charge < -0.3 is 5.32 Å². The summed E-state index contributed by atoms with van der Waals surface area (Å²) in [5.41, 5.74) is 4.42.